The number of benzene rings is 1. The lowest BCUT2D eigenvalue weighted by atomic mass is 10.3. The zero-order valence-corrected chi connectivity index (χ0v) is 10.8. The van der Waals surface area contributed by atoms with Crippen molar-refractivity contribution in [3.63, 3.8) is 0 Å². The SMILES string of the molecule is CNc1cc(-n2nnc3ccccc32)nc(C(F)(F)F)n1. The van der Waals surface area contributed by atoms with E-state index in [4.69, 9.17) is 0 Å². The molecule has 0 aliphatic rings. The lowest BCUT2D eigenvalue weighted by molar-refractivity contribution is -0.144. The van der Waals surface area contributed by atoms with E-state index in [0.29, 0.717) is 11.0 Å². The molecule has 21 heavy (non-hydrogen) atoms. The third-order valence-corrected chi connectivity index (χ3v) is 2.79. The number of rotatable bonds is 2. The molecule has 0 saturated carbocycles. The van der Waals surface area contributed by atoms with Gasteiger partial charge in [0, 0.05) is 13.1 Å². The largest absolute Gasteiger partial charge is 0.451 e. The molecular formula is C12H9F3N6. The van der Waals surface area contributed by atoms with Crippen molar-refractivity contribution in [3.8, 4) is 5.82 Å². The molecule has 0 aliphatic carbocycles. The van der Waals surface area contributed by atoms with Crippen LogP contribution in [0.15, 0.2) is 30.3 Å². The Bertz CT molecular complexity index is 795. The minimum absolute atomic E-state index is 0.00428. The molecular weight excluding hydrogens is 285 g/mol. The number of nitrogens with zero attached hydrogens (tertiary/aromatic N) is 5. The standard InChI is InChI=1S/C12H9F3N6/c1-16-9-6-10(18-11(17-9)12(13,14)15)21-8-5-3-2-4-7(8)19-20-21/h2-6H,1H3,(H,16,17,18). The summed E-state index contributed by atoms with van der Waals surface area (Å²) >= 11 is 0. The van der Waals surface area contributed by atoms with Crippen LogP contribution < -0.4 is 5.32 Å². The van der Waals surface area contributed by atoms with Gasteiger partial charge in [0.05, 0.1) is 5.52 Å². The fraction of sp³-hybridized carbons (Fsp3) is 0.167. The Labute approximate surface area is 116 Å². The Morgan fingerprint density at radius 1 is 1.14 bits per heavy atom. The first-order valence-electron chi connectivity index (χ1n) is 5.94. The Morgan fingerprint density at radius 3 is 2.62 bits per heavy atom. The molecule has 108 valence electrons. The third kappa shape index (κ3) is 2.37. The Morgan fingerprint density at radius 2 is 1.90 bits per heavy atom. The number of nitrogens with one attached hydrogen (secondary N) is 1. The van der Waals surface area contributed by atoms with Crippen LogP contribution in [0.3, 0.4) is 0 Å². The zero-order chi connectivity index (χ0) is 15.0. The molecule has 3 aromatic rings. The Hall–Kier alpha value is -2.71. The van der Waals surface area contributed by atoms with Crippen molar-refractivity contribution in [2.75, 3.05) is 12.4 Å². The molecule has 0 bridgehead atoms. The fourth-order valence-corrected chi connectivity index (χ4v) is 1.84. The normalized spacial score (nSPS) is 11.8. The summed E-state index contributed by atoms with van der Waals surface area (Å²) < 4.78 is 39.8. The topological polar surface area (TPSA) is 68.5 Å². The predicted octanol–water partition coefficient (Wildman–Crippen LogP) is 2.27. The van der Waals surface area contributed by atoms with Gasteiger partial charge in [-0.2, -0.15) is 17.9 Å². The highest BCUT2D eigenvalue weighted by molar-refractivity contribution is 5.75. The van der Waals surface area contributed by atoms with Crippen LogP contribution in [0.25, 0.3) is 16.9 Å². The average molecular weight is 294 g/mol. The van der Waals surface area contributed by atoms with Crippen LogP contribution in [0.2, 0.25) is 0 Å². The first-order chi connectivity index (χ1) is 9.99. The van der Waals surface area contributed by atoms with Crippen molar-refractivity contribution in [1.29, 1.82) is 0 Å². The minimum Gasteiger partial charge on any atom is -0.373 e. The van der Waals surface area contributed by atoms with Gasteiger partial charge < -0.3 is 5.32 Å². The maximum absolute atomic E-state index is 12.8. The monoisotopic (exact) mass is 294 g/mol. The number of anilines is 1. The lowest BCUT2D eigenvalue weighted by Crippen LogP contribution is -2.15. The molecule has 0 amide bonds. The van der Waals surface area contributed by atoms with Crippen LogP contribution in [0.5, 0.6) is 0 Å². The first kappa shape index (κ1) is 13.3. The maximum Gasteiger partial charge on any atom is 0.451 e. The minimum atomic E-state index is -4.64. The summed E-state index contributed by atoms with van der Waals surface area (Å²) in [5.41, 5.74) is 1.13. The quantitative estimate of drug-likeness (QED) is 0.785. The van der Waals surface area contributed by atoms with E-state index in [9.17, 15) is 13.2 Å². The van der Waals surface area contributed by atoms with Crippen LogP contribution in [-0.4, -0.2) is 32.0 Å². The number of alkyl halides is 3. The van der Waals surface area contributed by atoms with Gasteiger partial charge in [0.15, 0.2) is 5.82 Å². The van der Waals surface area contributed by atoms with Crippen LogP contribution in [0.1, 0.15) is 5.82 Å². The molecule has 0 radical (unpaired) electrons. The summed E-state index contributed by atoms with van der Waals surface area (Å²) in [6.45, 7) is 0. The van der Waals surface area contributed by atoms with Gasteiger partial charge in [0.1, 0.15) is 11.3 Å². The van der Waals surface area contributed by atoms with Crippen molar-refractivity contribution in [2.45, 2.75) is 6.18 Å². The van der Waals surface area contributed by atoms with Crippen LogP contribution in [-0.2, 0) is 6.18 Å². The van der Waals surface area contributed by atoms with Gasteiger partial charge in [0.25, 0.3) is 0 Å². The van der Waals surface area contributed by atoms with E-state index in [1.54, 1.807) is 24.3 Å². The smallest absolute Gasteiger partial charge is 0.373 e. The van der Waals surface area contributed by atoms with Crippen LogP contribution in [0.4, 0.5) is 19.0 Å². The van der Waals surface area contributed by atoms with E-state index >= 15 is 0 Å². The summed E-state index contributed by atoms with van der Waals surface area (Å²) in [5, 5.41) is 10.3. The van der Waals surface area contributed by atoms with Gasteiger partial charge in [-0.25, -0.2) is 9.97 Å². The summed E-state index contributed by atoms with van der Waals surface area (Å²) in [7, 11) is 1.48. The zero-order valence-electron chi connectivity index (χ0n) is 10.8. The highest BCUT2D eigenvalue weighted by Crippen LogP contribution is 2.28. The average Bonchev–Trinajstić information content (AvgIpc) is 2.89. The lowest BCUT2D eigenvalue weighted by Gasteiger charge is -2.09. The summed E-state index contributed by atoms with van der Waals surface area (Å²) in [5.74, 6) is -1.19. The van der Waals surface area contributed by atoms with Crippen LogP contribution in [0, 0.1) is 0 Å². The predicted molar refractivity (Wildman–Crippen MR) is 69.0 cm³/mol. The van der Waals surface area contributed by atoms with E-state index in [1.807, 2.05) is 0 Å². The number of hydrogen-bond acceptors (Lipinski definition) is 5. The van der Waals surface area contributed by atoms with E-state index in [0.717, 1.165) is 0 Å². The summed E-state index contributed by atoms with van der Waals surface area (Å²) in [6.07, 6.45) is -4.64. The molecule has 0 saturated heterocycles. The summed E-state index contributed by atoms with van der Waals surface area (Å²) in [6, 6.07) is 8.29. The molecule has 0 spiro atoms. The molecule has 1 aromatic carbocycles. The van der Waals surface area contributed by atoms with Gasteiger partial charge in [-0.3, -0.25) is 0 Å². The van der Waals surface area contributed by atoms with E-state index in [-0.39, 0.29) is 11.6 Å². The Kier molecular flexibility index (Phi) is 2.96. The number of hydrogen-bond donors (Lipinski definition) is 1. The molecule has 3 rings (SSSR count). The van der Waals surface area contributed by atoms with Crippen molar-refractivity contribution in [3.05, 3.63) is 36.2 Å². The van der Waals surface area contributed by atoms with Gasteiger partial charge in [0.2, 0.25) is 5.82 Å². The van der Waals surface area contributed by atoms with E-state index in [2.05, 4.69) is 25.6 Å². The van der Waals surface area contributed by atoms with Gasteiger partial charge >= 0.3 is 6.18 Å². The molecule has 1 N–H and O–H groups in total. The highest BCUT2D eigenvalue weighted by atomic mass is 19.4. The molecule has 2 heterocycles. The summed E-state index contributed by atoms with van der Waals surface area (Å²) in [4.78, 5) is 6.93. The van der Waals surface area contributed by atoms with Crippen molar-refractivity contribution < 1.29 is 13.2 Å². The third-order valence-electron chi connectivity index (χ3n) is 2.79. The van der Waals surface area contributed by atoms with Crippen molar-refractivity contribution in [1.82, 2.24) is 25.0 Å². The maximum atomic E-state index is 12.8. The molecule has 9 heteroatoms. The van der Waals surface area contributed by atoms with E-state index < -0.39 is 12.0 Å². The second-order valence-corrected chi connectivity index (χ2v) is 4.17. The molecule has 6 nitrogen and oxygen atoms in total. The number of para-hydroxylation sites is 1. The van der Waals surface area contributed by atoms with Gasteiger partial charge in [-0.15, -0.1) is 5.10 Å². The van der Waals surface area contributed by atoms with Gasteiger partial charge in [-0.05, 0) is 12.1 Å². The molecule has 0 fully saturated rings. The fourth-order valence-electron chi connectivity index (χ4n) is 1.84. The first-order valence-corrected chi connectivity index (χ1v) is 5.94. The number of fused-ring (bicyclic) bond motifs is 1. The number of aromatic nitrogens is 5. The highest BCUT2D eigenvalue weighted by Gasteiger charge is 2.35. The molecule has 2 aromatic heterocycles. The second kappa shape index (κ2) is 4.69. The second-order valence-electron chi connectivity index (χ2n) is 4.17. The molecule has 0 atom stereocenters. The van der Waals surface area contributed by atoms with Gasteiger partial charge in [-0.1, -0.05) is 17.3 Å². The Balaban J connectivity index is 2.22. The van der Waals surface area contributed by atoms with E-state index in [1.165, 1.54) is 17.8 Å². The molecule has 0 unspecified atom stereocenters. The van der Waals surface area contributed by atoms with Crippen molar-refractivity contribution in [2.24, 2.45) is 0 Å². The number of halogens is 3. The van der Waals surface area contributed by atoms with Crippen LogP contribution >= 0.6 is 0 Å². The molecule has 0 aliphatic heterocycles. The van der Waals surface area contributed by atoms with Crippen molar-refractivity contribution >= 4 is 16.9 Å².